The van der Waals surface area contributed by atoms with Crippen LogP contribution < -0.4 is 20.4 Å². The first-order valence-corrected chi connectivity index (χ1v) is 9.43. The van der Waals surface area contributed by atoms with Gasteiger partial charge in [-0.15, -0.1) is 0 Å². The molecule has 0 unspecified atom stereocenters. The predicted octanol–water partition coefficient (Wildman–Crippen LogP) is 4.72. The normalized spacial score (nSPS) is 10.1. The van der Waals surface area contributed by atoms with Crippen LogP contribution in [-0.2, 0) is 0 Å². The number of benzene rings is 3. The second-order valence-corrected chi connectivity index (χ2v) is 6.75. The number of anilines is 4. The molecule has 0 saturated heterocycles. The Hall–Kier alpha value is -4.33. The van der Waals surface area contributed by atoms with Crippen molar-refractivity contribution in [2.45, 2.75) is 0 Å². The summed E-state index contributed by atoms with van der Waals surface area (Å²) in [5, 5.41) is 14.8. The molecular formula is C23H22N4O4. The summed E-state index contributed by atoms with van der Waals surface area (Å²) in [4.78, 5) is 39.5. The SMILES string of the molecule is CN(C(=O)Nc1cc(NC(=O)N(C)c2ccccc2)cc(C(=O)O)c1)c1ccccc1. The molecule has 3 rings (SSSR count). The Balaban J connectivity index is 1.80. The van der Waals surface area contributed by atoms with Crippen LogP contribution in [0.25, 0.3) is 0 Å². The van der Waals surface area contributed by atoms with E-state index in [2.05, 4.69) is 10.6 Å². The second kappa shape index (κ2) is 9.45. The maximum atomic E-state index is 12.6. The van der Waals surface area contributed by atoms with E-state index in [9.17, 15) is 19.5 Å². The van der Waals surface area contributed by atoms with Crippen molar-refractivity contribution in [1.29, 1.82) is 0 Å². The number of nitrogens with zero attached hydrogens (tertiary/aromatic N) is 2. The molecule has 0 atom stereocenters. The molecule has 0 radical (unpaired) electrons. The molecule has 4 amide bonds. The minimum Gasteiger partial charge on any atom is -0.478 e. The summed E-state index contributed by atoms with van der Waals surface area (Å²) < 4.78 is 0. The van der Waals surface area contributed by atoms with E-state index in [4.69, 9.17) is 0 Å². The molecular weight excluding hydrogens is 396 g/mol. The monoisotopic (exact) mass is 418 g/mol. The van der Waals surface area contributed by atoms with Crippen LogP contribution in [0.15, 0.2) is 78.9 Å². The minimum atomic E-state index is -1.18. The van der Waals surface area contributed by atoms with E-state index in [-0.39, 0.29) is 16.9 Å². The zero-order valence-corrected chi connectivity index (χ0v) is 17.1. The standard InChI is InChI=1S/C23H22N4O4/c1-26(19-9-5-3-6-10-19)22(30)24-17-13-16(21(28)29)14-18(15-17)25-23(31)27(2)20-11-7-4-8-12-20/h3-15H,1-2H3,(H,24,30)(H,25,31)(H,28,29). The van der Waals surface area contributed by atoms with E-state index < -0.39 is 18.0 Å². The number of para-hydroxylation sites is 2. The minimum absolute atomic E-state index is 0.0715. The molecule has 0 aliphatic heterocycles. The highest BCUT2D eigenvalue weighted by molar-refractivity contribution is 6.05. The number of rotatable bonds is 5. The van der Waals surface area contributed by atoms with E-state index in [1.807, 2.05) is 12.1 Å². The molecule has 0 aliphatic carbocycles. The number of aromatic carboxylic acids is 1. The first kappa shape index (κ1) is 21.4. The van der Waals surface area contributed by atoms with Gasteiger partial charge < -0.3 is 15.7 Å². The maximum Gasteiger partial charge on any atom is 0.335 e. The molecule has 31 heavy (non-hydrogen) atoms. The lowest BCUT2D eigenvalue weighted by atomic mass is 10.1. The molecule has 0 aromatic heterocycles. The maximum absolute atomic E-state index is 12.6. The summed E-state index contributed by atoms with van der Waals surface area (Å²) in [7, 11) is 3.20. The highest BCUT2D eigenvalue weighted by Gasteiger charge is 2.16. The van der Waals surface area contributed by atoms with Crippen LogP contribution in [0.5, 0.6) is 0 Å². The Bertz CT molecular complexity index is 1010. The second-order valence-electron chi connectivity index (χ2n) is 6.75. The number of amides is 4. The number of nitrogens with one attached hydrogen (secondary N) is 2. The third kappa shape index (κ3) is 5.39. The Kier molecular flexibility index (Phi) is 6.51. The quantitative estimate of drug-likeness (QED) is 0.558. The lowest BCUT2D eigenvalue weighted by Crippen LogP contribution is -2.32. The molecule has 8 nitrogen and oxygen atoms in total. The Morgan fingerprint density at radius 1 is 0.677 bits per heavy atom. The van der Waals surface area contributed by atoms with Gasteiger partial charge in [-0.1, -0.05) is 36.4 Å². The van der Waals surface area contributed by atoms with Gasteiger partial charge in [-0.3, -0.25) is 9.80 Å². The number of carbonyl (C=O) groups excluding carboxylic acids is 2. The average Bonchev–Trinajstić information content (AvgIpc) is 2.78. The molecule has 3 aromatic rings. The first-order chi connectivity index (χ1) is 14.8. The molecule has 0 saturated carbocycles. The number of urea groups is 2. The molecule has 158 valence electrons. The highest BCUT2D eigenvalue weighted by atomic mass is 16.4. The van der Waals surface area contributed by atoms with Crippen LogP contribution in [0, 0.1) is 0 Å². The summed E-state index contributed by atoms with van der Waals surface area (Å²) in [6.07, 6.45) is 0. The number of carbonyl (C=O) groups is 3. The molecule has 0 heterocycles. The van der Waals surface area contributed by atoms with Crippen molar-refractivity contribution in [2.24, 2.45) is 0 Å². The Morgan fingerprint density at radius 2 is 1.06 bits per heavy atom. The van der Waals surface area contributed by atoms with Crippen LogP contribution in [-0.4, -0.2) is 37.2 Å². The highest BCUT2D eigenvalue weighted by Crippen LogP contribution is 2.22. The number of hydrogen-bond donors (Lipinski definition) is 3. The van der Waals surface area contributed by atoms with Gasteiger partial charge in [0.25, 0.3) is 0 Å². The van der Waals surface area contributed by atoms with E-state index in [1.54, 1.807) is 62.6 Å². The molecule has 0 spiro atoms. The molecule has 0 bridgehead atoms. The third-order valence-electron chi connectivity index (χ3n) is 4.58. The van der Waals surface area contributed by atoms with Crippen molar-refractivity contribution in [2.75, 3.05) is 34.5 Å². The van der Waals surface area contributed by atoms with Gasteiger partial charge in [0.05, 0.1) is 5.56 Å². The van der Waals surface area contributed by atoms with Gasteiger partial charge in [-0.25, -0.2) is 14.4 Å². The summed E-state index contributed by atoms with van der Waals surface area (Å²) in [5.74, 6) is -1.18. The fraction of sp³-hybridized carbons (Fsp3) is 0.0870. The average molecular weight is 418 g/mol. The van der Waals surface area contributed by atoms with Crippen LogP contribution in [0.1, 0.15) is 10.4 Å². The van der Waals surface area contributed by atoms with Gasteiger partial charge in [-0.2, -0.15) is 0 Å². The Morgan fingerprint density at radius 3 is 1.42 bits per heavy atom. The summed E-state index contributed by atoms with van der Waals surface area (Å²) >= 11 is 0. The number of carboxylic acid groups (broad SMARTS) is 1. The van der Waals surface area contributed by atoms with Gasteiger partial charge in [-0.05, 0) is 42.5 Å². The van der Waals surface area contributed by atoms with E-state index in [0.717, 1.165) is 0 Å². The number of carboxylic acids is 1. The zero-order chi connectivity index (χ0) is 22.4. The summed E-state index contributed by atoms with van der Waals surface area (Å²) in [5.41, 5.74) is 1.76. The lowest BCUT2D eigenvalue weighted by molar-refractivity contribution is 0.0697. The molecule has 0 fully saturated rings. The summed E-state index contributed by atoms with van der Waals surface area (Å²) in [6.45, 7) is 0. The zero-order valence-electron chi connectivity index (χ0n) is 17.1. The van der Waals surface area contributed by atoms with Crippen molar-refractivity contribution in [3.8, 4) is 0 Å². The molecule has 3 aromatic carbocycles. The molecule has 3 N–H and O–H groups in total. The lowest BCUT2D eigenvalue weighted by Gasteiger charge is -2.20. The van der Waals surface area contributed by atoms with Gasteiger partial charge in [0.1, 0.15) is 0 Å². The van der Waals surface area contributed by atoms with Crippen LogP contribution in [0.2, 0.25) is 0 Å². The van der Waals surface area contributed by atoms with Gasteiger partial charge in [0.2, 0.25) is 0 Å². The smallest absolute Gasteiger partial charge is 0.335 e. The van der Waals surface area contributed by atoms with Crippen LogP contribution in [0.4, 0.5) is 32.3 Å². The third-order valence-corrected chi connectivity index (χ3v) is 4.58. The van der Waals surface area contributed by atoms with Crippen LogP contribution in [0.3, 0.4) is 0 Å². The van der Waals surface area contributed by atoms with Gasteiger partial charge >= 0.3 is 18.0 Å². The van der Waals surface area contributed by atoms with Crippen LogP contribution >= 0.6 is 0 Å². The van der Waals surface area contributed by atoms with E-state index in [0.29, 0.717) is 11.4 Å². The number of hydrogen-bond acceptors (Lipinski definition) is 3. The Labute approximate surface area is 179 Å². The van der Waals surface area contributed by atoms with Crippen molar-refractivity contribution in [3.05, 3.63) is 84.4 Å². The van der Waals surface area contributed by atoms with E-state index in [1.165, 1.54) is 28.0 Å². The van der Waals surface area contributed by atoms with Gasteiger partial charge in [0, 0.05) is 36.8 Å². The van der Waals surface area contributed by atoms with Crippen molar-refractivity contribution >= 4 is 40.8 Å². The van der Waals surface area contributed by atoms with Crippen molar-refractivity contribution in [3.63, 3.8) is 0 Å². The largest absolute Gasteiger partial charge is 0.478 e. The molecule has 8 heteroatoms. The topological polar surface area (TPSA) is 102 Å². The van der Waals surface area contributed by atoms with Gasteiger partial charge in [0.15, 0.2) is 0 Å². The van der Waals surface area contributed by atoms with E-state index >= 15 is 0 Å². The predicted molar refractivity (Wildman–Crippen MR) is 121 cm³/mol. The first-order valence-electron chi connectivity index (χ1n) is 9.43. The fourth-order valence-corrected chi connectivity index (χ4v) is 2.85. The van der Waals surface area contributed by atoms with Crippen molar-refractivity contribution in [1.82, 2.24) is 0 Å². The molecule has 0 aliphatic rings. The van der Waals surface area contributed by atoms with Crippen molar-refractivity contribution < 1.29 is 19.5 Å². The fourth-order valence-electron chi connectivity index (χ4n) is 2.85. The summed E-state index contributed by atoms with van der Waals surface area (Å²) in [6, 6.07) is 21.3.